The second-order valence-corrected chi connectivity index (χ2v) is 5.52. The van der Waals surface area contributed by atoms with Crippen molar-refractivity contribution in [3.05, 3.63) is 41.5 Å². The van der Waals surface area contributed by atoms with Gasteiger partial charge in [0, 0.05) is 0 Å². The second kappa shape index (κ2) is 7.38. The van der Waals surface area contributed by atoms with Crippen LogP contribution in [0.1, 0.15) is 57.6 Å². The smallest absolute Gasteiger partial charge is 0.00743 e. The monoisotopic (exact) mass is 245 g/mol. The number of benzene rings is 1. The fourth-order valence-electron chi connectivity index (χ4n) is 2.12. The highest BCUT2D eigenvalue weighted by molar-refractivity contribution is 5.67. The van der Waals surface area contributed by atoms with Crippen LogP contribution in [0.5, 0.6) is 0 Å². The quantitative estimate of drug-likeness (QED) is 0.729. The van der Waals surface area contributed by atoms with E-state index in [0.29, 0.717) is 11.8 Å². The minimum absolute atomic E-state index is 0.563. The molecule has 0 heterocycles. The fourth-order valence-corrected chi connectivity index (χ4v) is 2.12. The summed E-state index contributed by atoms with van der Waals surface area (Å²) in [5.41, 5.74) is 9.76. The van der Waals surface area contributed by atoms with Crippen molar-refractivity contribution < 1.29 is 0 Å². The molecule has 0 aliphatic heterocycles. The molecule has 0 fully saturated rings. The third-order valence-corrected chi connectivity index (χ3v) is 3.31. The largest absolute Gasteiger partial charge is 0.330 e. The molecule has 100 valence electrons. The van der Waals surface area contributed by atoms with Gasteiger partial charge in [-0.2, -0.15) is 0 Å². The van der Waals surface area contributed by atoms with E-state index < -0.39 is 0 Å². The predicted octanol–water partition coefficient (Wildman–Crippen LogP) is 4.59. The summed E-state index contributed by atoms with van der Waals surface area (Å²) < 4.78 is 0. The molecule has 0 atom stereocenters. The summed E-state index contributed by atoms with van der Waals surface area (Å²) in [6, 6.07) is 9.01. The lowest BCUT2D eigenvalue weighted by molar-refractivity contribution is 0.823. The van der Waals surface area contributed by atoms with Gasteiger partial charge >= 0.3 is 0 Å². The highest BCUT2D eigenvalue weighted by Gasteiger charge is 2.07. The summed E-state index contributed by atoms with van der Waals surface area (Å²) in [7, 11) is 0. The molecular weight excluding hydrogens is 218 g/mol. The van der Waals surface area contributed by atoms with Gasteiger partial charge < -0.3 is 5.73 Å². The molecule has 0 bridgehead atoms. The third kappa shape index (κ3) is 4.30. The Labute approximate surface area is 112 Å². The normalized spacial score (nSPS) is 12.5. The van der Waals surface area contributed by atoms with E-state index in [9.17, 15) is 0 Å². The van der Waals surface area contributed by atoms with Gasteiger partial charge in [-0.05, 0) is 47.9 Å². The van der Waals surface area contributed by atoms with E-state index in [1.54, 1.807) is 0 Å². The Morgan fingerprint density at radius 3 is 2.17 bits per heavy atom. The van der Waals surface area contributed by atoms with Gasteiger partial charge in [-0.1, -0.05) is 58.0 Å². The van der Waals surface area contributed by atoms with Crippen molar-refractivity contribution in [2.24, 2.45) is 11.7 Å². The molecular formula is C17H27N. The standard InChI is InChI=1S/C17H27N/c1-13(2)15-8-10-16(11-9-15)17(14(3)4)7-5-6-12-18/h7-11,13-14H,5-6,12,18H2,1-4H3/b17-7+. The van der Waals surface area contributed by atoms with E-state index in [0.717, 1.165) is 19.4 Å². The highest BCUT2D eigenvalue weighted by Crippen LogP contribution is 2.25. The predicted molar refractivity (Wildman–Crippen MR) is 81.6 cm³/mol. The average Bonchev–Trinajstić information content (AvgIpc) is 2.34. The SMILES string of the molecule is CC(C)/C(=C\CCCN)c1ccc(C(C)C)cc1. The van der Waals surface area contributed by atoms with Gasteiger partial charge in [0.25, 0.3) is 0 Å². The summed E-state index contributed by atoms with van der Waals surface area (Å²) in [4.78, 5) is 0. The zero-order valence-corrected chi connectivity index (χ0v) is 12.2. The molecule has 0 aliphatic carbocycles. The van der Waals surface area contributed by atoms with Crippen LogP contribution in [0, 0.1) is 5.92 Å². The Hall–Kier alpha value is -1.08. The van der Waals surface area contributed by atoms with E-state index in [1.165, 1.54) is 16.7 Å². The van der Waals surface area contributed by atoms with Gasteiger partial charge in [0.2, 0.25) is 0 Å². The van der Waals surface area contributed by atoms with Crippen molar-refractivity contribution >= 4 is 5.57 Å². The fraction of sp³-hybridized carbons (Fsp3) is 0.529. The number of hydrogen-bond acceptors (Lipinski definition) is 1. The first-order valence-corrected chi connectivity index (χ1v) is 7.06. The summed E-state index contributed by atoms with van der Waals surface area (Å²) in [5.74, 6) is 1.16. The number of allylic oxidation sites excluding steroid dienone is 2. The third-order valence-electron chi connectivity index (χ3n) is 3.31. The molecule has 1 aromatic rings. The first-order valence-electron chi connectivity index (χ1n) is 7.06. The summed E-state index contributed by atoms with van der Waals surface area (Å²) >= 11 is 0. The first-order chi connectivity index (χ1) is 8.56. The number of nitrogens with two attached hydrogens (primary N) is 1. The summed E-state index contributed by atoms with van der Waals surface area (Å²) in [5, 5.41) is 0. The maximum atomic E-state index is 5.55. The maximum Gasteiger partial charge on any atom is -0.00743 e. The zero-order chi connectivity index (χ0) is 13.5. The van der Waals surface area contributed by atoms with Crippen LogP contribution in [0.15, 0.2) is 30.3 Å². The van der Waals surface area contributed by atoms with Crippen molar-refractivity contribution in [3.63, 3.8) is 0 Å². The molecule has 0 unspecified atom stereocenters. The molecule has 2 N–H and O–H groups in total. The molecule has 0 spiro atoms. The molecule has 18 heavy (non-hydrogen) atoms. The minimum Gasteiger partial charge on any atom is -0.330 e. The minimum atomic E-state index is 0.563. The van der Waals surface area contributed by atoms with Crippen LogP contribution in [0.2, 0.25) is 0 Å². The van der Waals surface area contributed by atoms with Crippen LogP contribution < -0.4 is 5.73 Å². The van der Waals surface area contributed by atoms with Gasteiger partial charge in [-0.3, -0.25) is 0 Å². The van der Waals surface area contributed by atoms with Crippen molar-refractivity contribution in [2.75, 3.05) is 6.54 Å². The molecule has 1 aromatic carbocycles. The lowest BCUT2D eigenvalue weighted by atomic mass is 9.92. The van der Waals surface area contributed by atoms with E-state index >= 15 is 0 Å². The second-order valence-electron chi connectivity index (χ2n) is 5.52. The van der Waals surface area contributed by atoms with E-state index in [2.05, 4.69) is 58.0 Å². The van der Waals surface area contributed by atoms with Crippen LogP contribution in [-0.4, -0.2) is 6.54 Å². The van der Waals surface area contributed by atoms with Crippen molar-refractivity contribution in [3.8, 4) is 0 Å². The van der Waals surface area contributed by atoms with Crippen molar-refractivity contribution in [1.82, 2.24) is 0 Å². The Bertz CT molecular complexity index is 371. The molecule has 1 heteroatoms. The molecule has 0 radical (unpaired) electrons. The molecule has 1 rings (SSSR count). The molecule has 0 aromatic heterocycles. The lowest BCUT2D eigenvalue weighted by Gasteiger charge is -2.14. The topological polar surface area (TPSA) is 26.0 Å². The Kier molecular flexibility index (Phi) is 6.14. The number of unbranched alkanes of at least 4 members (excludes halogenated alkanes) is 1. The van der Waals surface area contributed by atoms with Crippen LogP contribution in [0.3, 0.4) is 0 Å². The molecule has 0 aliphatic rings. The van der Waals surface area contributed by atoms with Crippen LogP contribution >= 0.6 is 0 Å². The van der Waals surface area contributed by atoms with Gasteiger partial charge in [-0.25, -0.2) is 0 Å². The van der Waals surface area contributed by atoms with Crippen LogP contribution in [-0.2, 0) is 0 Å². The molecule has 0 saturated carbocycles. The van der Waals surface area contributed by atoms with Gasteiger partial charge in [0.15, 0.2) is 0 Å². The maximum absolute atomic E-state index is 5.55. The first kappa shape index (κ1) is 15.0. The number of hydrogen-bond donors (Lipinski definition) is 1. The molecule has 0 saturated heterocycles. The van der Waals surface area contributed by atoms with Crippen LogP contribution in [0.4, 0.5) is 0 Å². The van der Waals surface area contributed by atoms with Gasteiger partial charge in [0.1, 0.15) is 0 Å². The zero-order valence-electron chi connectivity index (χ0n) is 12.2. The molecule has 1 nitrogen and oxygen atoms in total. The average molecular weight is 245 g/mol. The Balaban J connectivity index is 2.89. The van der Waals surface area contributed by atoms with E-state index in [1.807, 2.05) is 0 Å². The summed E-state index contributed by atoms with van der Waals surface area (Å²) in [6.07, 6.45) is 4.50. The Morgan fingerprint density at radius 1 is 1.11 bits per heavy atom. The van der Waals surface area contributed by atoms with Crippen molar-refractivity contribution in [2.45, 2.75) is 46.5 Å². The van der Waals surface area contributed by atoms with Crippen molar-refractivity contribution in [1.29, 1.82) is 0 Å². The molecule has 0 amide bonds. The lowest BCUT2D eigenvalue weighted by Crippen LogP contribution is -1.99. The summed E-state index contributed by atoms with van der Waals surface area (Å²) in [6.45, 7) is 9.74. The van der Waals surface area contributed by atoms with Gasteiger partial charge in [-0.15, -0.1) is 0 Å². The highest BCUT2D eigenvalue weighted by atomic mass is 14.5. The Morgan fingerprint density at radius 2 is 1.72 bits per heavy atom. The van der Waals surface area contributed by atoms with Gasteiger partial charge in [0.05, 0.1) is 0 Å². The van der Waals surface area contributed by atoms with E-state index in [4.69, 9.17) is 5.73 Å². The van der Waals surface area contributed by atoms with Crippen LogP contribution in [0.25, 0.3) is 5.57 Å². The van der Waals surface area contributed by atoms with E-state index in [-0.39, 0.29) is 0 Å². The number of rotatable bonds is 6.